The molecule has 0 spiro atoms. The van der Waals surface area contributed by atoms with Crippen LogP contribution in [0.15, 0.2) is 24.3 Å². The van der Waals surface area contributed by atoms with Crippen LogP contribution in [0.1, 0.15) is 54.9 Å². The number of carbonyl (C=O) groups excluding carboxylic acids is 1. The van der Waals surface area contributed by atoms with Crippen LogP contribution in [0.25, 0.3) is 0 Å². The summed E-state index contributed by atoms with van der Waals surface area (Å²) >= 11 is 0. The SMILES string of the molecule is CCC1CCCCCN1Cc1ccccc1C(=O)OC. The van der Waals surface area contributed by atoms with Crippen molar-refractivity contribution in [2.24, 2.45) is 0 Å². The smallest absolute Gasteiger partial charge is 0.338 e. The summed E-state index contributed by atoms with van der Waals surface area (Å²) in [5, 5.41) is 0. The highest BCUT2D eigenvalue weighted by Gasteiger charge is 2.21. The van der Waals surface area contributed by atoms with Crippen molar-refractivity contribution in [3.63, 3.8) is 0 Å². The lowest BCUT2D eigenvalue weighted by atomic mass is 10.0. The molecule has 3 nitrogen and oxygen atoms in total. The molecule has 3 heteroatoms. The summed E-state index contributed by atoms with van der Waals surface area (Å²) in [4.78, 5) is 14.4. The van der Waals surface area contributed by atoms with Crippen molar-refractivity contribution in [1.29, 1.82) is 0 Å². The van der Waals surface area contributed by atoms with Gasteiger partial charge in [-0.15, -0.1) is 0 Å². The topological polar surface area (TPSA) is 29.5 Å². The van der Waals surface area contributed by atoms with Gasteiger partial charge in [-0.3, -0.25) is 4.90 Å². The summed E-state index contributed by atoms with van der Waals surface area (Å²) in [6.07, 6.45) is 6.37. The number of hydrogen-bond donors (Lipinski definition) is 0. The Morgan fingerprint density at radius 2 is 2.10 bits per heavy atom. The second-order valence-corrected chi connectivity index (χ2v) is 5.53. The highest BCUT2D eigenvalue weighted by atomic mass is 16.5. The number of likely N-dealkylation sites (tertiary alicyclic amines) is 1. The molecule has 0 radical (unpaired) electrons. The molecule has 1 aliphatic rings. The lowest BCUT2D eigenvalue weighted by molar-refractivity contribution is 0.0597. The van der Waals surface area contributed by atoms with E-state index in [-0.39, 0.29) is 5.97 Å². The Bertz CT molecular complexity index is 444. The summed E-state index contributed by atoms with van der Waals surface area (Å²) in [5.74, 6) is -0.233. The highest BCUT2D eigenvalue weighted by Crippen LogP contribution is 2.22. The molecular weight excluding hydrogens is 250 g/mol. The number of hydrogen-bond acceptors (Lipinski definition) is 3. The predicted octanol–water partition coefficient (Wildman–Crippen LogP) is 3.63. The lowest BCUT2D eigenvalue weighted by Gasteiger charge is -2.29. The van der Waals surface area contributed by atoms with Gasteiger partial charge in [0.1, 0.15) is 0 Å². The molecule has 0 bridgehead atoms. The van der Waals surface area contributed by atoms with Crippen molar-refractivity contribution in [3.8, 4) is 0 Å². The number of methoxy groups -OCH3 is 1. The fourth-order valence-corrected chi connectivity index (χ4v) is 3.09. The van der Waals surface area contributed by atoms with Gasteiger partial charge in [0.05, 0.1) is 12.7 Å². The van der Waals surface area contributed by atoms with Gasteiger partial charge < -0.3 is 4.74 Å². The minimum Gasteiger partial charge on any atom is -0.465 e. The number of rotatable bonds is 4. The molecule has 0 amide bonds. The van der Waals surface area contributed by atoms with E-state index in [9.17, 15) is 4.79 Å². The van der Waals surface area contributed by atoms with E-state index in [0.29, 0.717) is 11.6 Å². The summed E-state index contributed by atoms with van der Waals surface area (Å²) in [5.41, 5.74) is 1.79. The van der Waals surface area contributed by atoms with Crippen LogP contribution in [0.5, 0.6) is 0 Å². The molecule has 0 saturated carbocycles. The first-order valence-corrected chi connectivity index (χ1v) is 7.66. The summed E-state index contributed by atoms with van der Waals surface area (Å²) in [6.45, 7) is 4.24. The summed E-state index contributed by atoms with van der Waals surface area (Å²) in [6, 6.07) is 8.45. The molecule has 2 rings (SSSR count). The fraction of sp³-hybridized carbons (Fsp3) is 0.588. The van der Waals surface area contributed by atoms with Gasteiger partial charge in [0.2, 0.25) is 0 Å². The van der Waals surface area contributed by atoms with E-state index in [2.05, 4.69) is 11.8 Å². The molecule has 1 saturated heterocycles. The lowest BCUT2D eigenvalue weighted by Crippen LogP contribution is -2.34. The van der Waals surface area contributed by atoms with Crippen LogP contribution in [-0.4, -0.2) is 30.6 Å². The minimum absolute atomic E-state index is 0.233. The van der Waals surface area contributed by atoms with Crippen LogP contribution in [0.3, 0.4) is 0 Å². The third-order valence-electron chi connectivity index (χ3n) is 4.27. The van der Waals surface area contributed by atoms with E-state index in [4.69, 9.17) is 4.74 Å². The molecule has 1 aromatic rings. The van der Waals surface area contributed by atoms with E-state index in [1.165, 1.54) is 39.2 Å². The maximum Gasteiger partial charge on any atom is 0.338 e. The Morgan fingerprint density at radius 1 is 1.30 bits per heavy atom. The van der Waals surface area contributed by atoms with Crippen LogP contribution in [0, 0.1) is 0 Å². The molecule has 1 atom stereocenters. The molecule has 1 unspecified atom stereocenters. The third-order valence-corrected chi connectivity index (χ3v) is 4.27. The predicted molar refractivity (Wildman–Crippen MR) is 80.7 cm³/mol. The van der Waals surface area contributed by atoms with Gasteiger partial charge >= 0.3 is 5.97 Å². The zero-order valence-electron chi connectivity index (χ0n) is 12.6. The zero-order chi connectivity index (χ0) is 14.4. The molecule has 1 aromatic carbocycles. The number of benzene rings is 1. The Balaban J connectivity index is 2.17. The first-order valence-electron chi connectivity index (χ1n) is 7.66. The zero-order valence-corrected chi connectivity index (χ0v) is 12.6. The fourth-order valence-electron chi connectivity index (χ4n) is 3.09. The number of carbonyl (C=O) groups is 1. The monoisotopic (exact) mass is 275 g/mol. The maximum absolute atomic E-state index is 11.9. The molecule has 1 aliphatic heterocycles. The van der Waals surface area contributed by atoms with E-state index < -0.39 is 0 Å². The Morgan fingerprint density at radius 3 is 2.85 bits per heavy atom. The van der Waals surface area contributed by atoms with Crippen molar-refractivity contribution >= 4 is 5.97 Å². The Labute approximate surface area is 121 Å². The van der Waals surface area contributed by atoms with Gasteiger partial charge in [0, 0.05) is 12.6 Å². The number of ether oxygens (including phenoxy) is 1. The van der Waals surface area contributed by atoms with Gasteiger partial charge in [-0.1, -0.05) is 38.0 Å². The second kappa shape index (κ2) is 7.44. The number of nitrogens with zero attached hydrogens (tertiary/aromatic N) is 1. The van der Waals surface area contributed by atoms with Gasteiger partial charge in [0.15, 0.2) is 0 Å². The van der Waals surface area contributed by atoms with Crippen molar-refractivity contribution in [2.75, 3.05) is 13.7 Å². The van der Waals surface area contributed by atoms with Gasteiger partial charge in [-0.05, 0) is 37.4 Å². The van der Waals surface area contributed by atoms with E-state index in [0.717, 1.165) is 18.7 Å². The normalized spacial score (nSPS) is 20.4. The van der Waals surface area contributed by atoms with Crippen molar-refractivity contribution in [1.82, 2.24) is 4.90 Å². The molecule has 110 valence electrons. The van der Waals surface area contributed by atoms with Crippen LogP contribution < -0.4 is 0 Å². The Kier molecular flexibility index (Phi) is 5.60. The quantitative estimate of drug-likeness (QED) is 0.786. The second-order valence-electron chi connectivity index (χ2n) is 5.53. The Hall–Kier alpha value is -1.35. The highest BCUT2D eigenvalue weighted by molar-refractivity contribution is 5.90. The average Bonchev–Trinajstić information content (AvgIpc) is 2.72. The molecule has 0 aliphatic carbocycles. The molecular formula is C17H25NO2. The average molecular weight is 275 g/mol. The van der Waals surface area contributed by atoms with E-state index in [1.807, 2.05) is 24.3 Å². The largest absolute Gasteiger partial charge is 0.465 e. The van der Waals surface area contributed by atoms with Crippen molar-refractivity contribution in [3.05, 3.63) is 35.4 Å². The van der Waals surface area contributed by atoms with Crippen LogP contribution in [0.4, 0.5) is 0 Å². The molecule has 1 heterocycles. The van der Waals surface area contributed by atoms with Gasteiger partial charge in [-0.2, -0.15) is 0 Å². The summed E-state index contributed by atoms with van der Waals surface area (Å²) < 4.78 is 4.89. The van der Waals surface area contributed by atoms with Gasteiger partial charge in [-0.25, -0.2) is 4.79 Å². The van der Waals surface area contributed by atoms with Crippen LogP contribution in [-0.2, 0) is 11.3 Å². The van der Waals surface area contributed by atoms with E-state index >= 15 is 0 Å². The molecule has 0 aromatic heterocycles. The van der Waals surface area contributed by atoms with Gasteiger partial charge in [0.25, 0.3) is 0 Å². The maximum atomic E-state index is 11.9. The molecule has 20 heavy (non-hydrogen) atoms. The van der Waals surface area contributed by atoms with Crippen molar-refractivity contribution in [2.45, 2.75) is 51.6 Å². The van der Waals surface area contributed by atoms with Crippen LogP contribution >= 0.6 is 0 Å². The van der Waals surface area contributed by atoms with E-state index in [1.54, 1.807) is 0 Å². The number of esters is 1. The third kappa shape index (κ3) is 3.60. The molecule has 1 fully saturated rings. The first kappa shape index (κ1) is 15.0. The van der Waals surface area contributed by atoms with Crippen LogP contribution in [0.2, 0.25) is 0 Å². The standard InChI is InChI=1S/C17H25NO2/c1-3-15-10-5-4-8-12-18(15)13-14-9-6-7-11-16(14)17(19)20-2/h6-7,9,11,15H,3-5,8,10,12-13H2,1-2H3. The minimum atomic E-state index is -0.233. The molecule has 0 N–H and O–H groups in total. The summed E-state index contributed by atoms with van der Waals surface area (Å²) in [7, 11) is 1.44. The first-order chi connectivity index (χ1) is 9.76. The van der Waals surface area contributed by atoms with Crippen molar-refractivity contribution < 1.29 is 9.53 Å².